The zero-order valence-electron chi connectivity index (χ0n) is 16.3. The van der Waals surface area contributed by atoms with Gasteiger partial charge in [0, 0.05) is 0 Å². The molecule has 1 N–H and O–H groups in total. The van der Waals surface area contributed by atoms with Crippen molar-refractivity contribution in [2.24, 2.45) is 22.9 Å². The van der Waals surface area contributed by atoms with E-state index in [2.05, 4.69) is 32.0 Å². The van der Waals surface area contributed by atoms with Crippen LogP contribution in [0, 0.1) is 17.8 Å². The van der Waals surface area contributed by atoms with E-state index in [4.69, 9.17) is 9.57 Å². The molecular formula is C22H31NO3. The highest BCUT2D eigenvalue weighted by Gasteiger charge is 2.54. The summed E-state index contributed by atoms with van der Waals surface area (Å²) < 4.78 is 6.17. The van der Waals surface area contributed by atoms with Crippen LogP contribution in [-0.2, 0) is 16.2 Å². The van der Waals surface area contributed by atoms with Crippen LogP contribution < -0.4 is 0 Å². The summed E-state index contributed by atoms with van der Waals surface area (Å²) in [5, 5.41) is 15.7. The summed E-state index contributed by atoms with van der Waals surface area (Å²) in [4.78, 5) is 5.64. The topological polar surface area (TPSA) is 51.0 Å². The number of ether oxygens (including phenoxy) is 1. The van der Waals surface area contributed by atoms with Crippen molar-refractivity contribution in [3.63, 3.8) is 0 Å². The molecule has 0 unspecified atom stereocenters. The average molecular weight is 357 g/mol. The molecule has 2 aliphatic rings. The maximum atomic E-state index is 11.2. The third-order valence-corrected chi connectivity index (χ3v) is 5.34. The Hall–Kier alpha value is -1.81. The number of rotatable bonds is 5. The van der Waals surface area contributed by atoms with Crippen molar-refractivity contribution in [2.45, 2.75) is 65.3 Å². The first-order chi connectivity index (χ1) is 12.4. The highest BCUT2D eigenvalue weighted by atomic mass is 16.6. The molecule has 0 aromatic heterocycles. The van der Waals surface area contributed by atoms with Crippen molar-refractivity contribution in [3.05, 3.63) is 47.7 Å². The molecule has 0 spiro atoms. The predicted octanol–water partition coefficient (Wildman–Crippen LogP) is 4.69. The van der Waals surface area contributed by atoms with Crippen molar-refractivity contribution in [1.29, 1.82) is 0 Å². The van der Waals surface area contributed by atoms with Crippen LogP contribution in [0.2, 0.25) is 0 Å². The molecule has 4 heteroatoms. The van der Waals surface area contributed by atoms with Gasteiger partial charge in [0.15, 0.2) is 0 Å². The van der Waals surface area contributed by atoms with Gasteiger partial charge in [-0.1, -0.05) is 56.3 Å². The third-order valence-electron chi connectivity index (χ3n) is 5.34. The van der Waals surface area contributed by atoms with Crippen molar-refractivity contribution in [1.82, 2.24) is 0 Å². The fourth-order valence-electron chi connectivity index (χ4n) is 4.01. The number of nitrogens with zero attached hydrogens (tertiary/aromatic N) is 1. The maximum Gasteiger partial charge on any atom is 0.142 e. The van der Waals surface area contributed by atoms with E-state index in [0.717, 1.165) is 30.5 Å². The largest absolute Gasteiger partial charge is 0.491 e. The molecule has 1 saturated carbocycles. The Kier molecular flexibility index (Phi) is 5.71. The SMILES string of the molecule is CC(C)C/C=C1\O[C@H]2C[C@@H](C)C/C(=N\OCc3ccccc3)[C@H]2[C@@]1(C)O. The van der Waals surface area contributed by atoms with Crippen molar-refractivity contribution in [2.75, 3.05) is 0 Å². The van der Waals surface area contributed by atoms with E-state index in [1.807, 2.05) is 37.3 Å². The fourth-order valence-corrected chi connectivity index (χ4v) is 4.01. The molecule has 26 heavy (non-hydrogen) atoms. The number of allylic oxidation sites excluding steroid dienone is 1. The lowest BCUT2D eigenvalue weighted by atomic mass is 9.72. The molecule has 1 saturated heterocycles. The minimum Gasteiger partial charge on any atom is -0.491 e. The Morgan fingerprint density at radius 1 is 1.35 bits per heavy atom. The minimum absolute atomic E-state index is 0.0220. The van der Waals surface area contributed by atoms with Gasteiger partial charge in [-0.25, -0.2) is 0 Å². The second-order valence-corrected chi connectivity index (χ2v) is 8.37. The van der Waals surface area contributed by atoms with Gasteiger partial charge >= 0.3 is 0 Å². The summed E-state index contributed by atoms with van der Waals surface area (Å²) in [5.74, 6) is 1.57. The van der Waals surface area contributed by atoms with Crippen LogP contribution in [0.1, 0.15) is 52.5 Å². The van der Waals surface area contributed by atoms with Gasteiger partial charge in [-0.15, -0.1) is 0 Å². The van der Waals surface area contributed by atoms with Gasteiger partial charge in [0.25, 0.3) is 0 Å². The summed E-state index contributed by atoms with van der Waals surface area (Å²) in [6, 6.07) is 10.0. The molecule has 0 amide bonds. The van der Waals surface area contributed by atoms with E-state index in [1.54, 1.807) is 0 Å². The van der Waals surface area contributed by atoms with Gasteiger partial charge < -0.3 is 14.7 Å². The number of benzene rings is 1. The highest BCUT2D eigenvalue weighted by molar-refractivity contribution is 5.89. The molecule has 1 heterocycles. The first-order valence-electron chi connectivity index (χ1n) is 9.70. The molecule has 4 atom stereocenters. The monoisotopic (exact) mass is 357 g/mol. The van der Waals surface area contributed by atoms with Crippen molar-refractivity contribution >= 4 is 5.71 Å². The summed E-state index contributed by atoms with van der Waals surface area (Å²) in [6.07, 6.45) is 4.71. The number of aliphatic hydroxyl groups is 1. The van der Waals surface area contributed by atoms with Gasteiger partial charge in [0.1, 0.15) is 24.1 Å². The van der Waals surface area contributed by atoms with Crippen LogP contribution in [0.3, 0.4) is 0 Å². The van der Waals surface area contributed by atoms with Crippen LogP contribution in [0.4, 0.5) is 0 Å². The first-order valence-corrected chi connectivity index (χ1v) is 9.70. The van der Waals surface area contributed by atoms with Crippen LogP contribution in [-0.4, -0.2) is 22.5 Å². The summed E-state index contributed by atoms with van der Waals surface area (Å²) >= 11 is 0. The van der Waals surface area contributed by atoms with Gasteiger partial charge in [0.05, 0.1) is 11.6 Å². The normalized spacial score (nSPS) is 34.2. The summed E-state index contributed by atoms with van der Waals surface area (Å²) in [5.41, 5.74) is 0.987. The Morgan fingerprint density at radius 2 is 2.08 bits per heavy atom. The molecule has 1 aromatic carbocycles. The van der Waals surface area contributed by atoms with Crippen molar-refractivity contribution < 1.29 is 14.7 Å². The lowest BCUT2D eigenvalue weighted by molar-refractivity contribution is 0.0635. The van der Waals surface area contributed by atoms with Crippen molar-refractivity contribution in [3.8, 4) is 0 Å². The van der Waals surface area contributed by atoms with E-state index in [9.17, 15) is 5.11 Å². The molecule has 1 aromatic rings. The molecule has 1 aliphatic carbocycles. The van der Waals surface area contributed by atoms with E-state index in [-0.39, 0.29) is 12.0 Å². The second-order valence-electron chi connectivity index (χ2n) is 8.37. The van der Waals surface area contributed by atoms with Crippen LogP contribution >= 0.6 is 0 Å². The zero-order chi connectivity index (χ0) is 18.7. The van der Waals surface area contributed by atoms with Crippen LogP contribution in [0.15, 0.2) is 47.3 Å². The summed E-state index contributed by atoms with van der Waals surface area (Å²) in [7, 11) is 0. The number of hydrogen-bond acceptors (Lipinski definition) is 4. The fraction of sp³-hybridized carbons (Fsp3) is 0.591. The lowest BCUT2D eigenvalue weighted by Crippen LogP contribution is -2.44. The van der Waals surface area contributed by atoms with Gasteiger partial charge in [-0.05, 0) is 49.7 Å². The molecule has 1 aliphatic heterocycles. The molecular weight excluding hydrogens is 326 g/mol. The van der Waals surface area contributed by atoms with E-state index < -0.39 is 5.60 Å². The van der Waals surface area contributed by atoms with Crippen LogP contribution in [0.25, 0.3) is 0 Å². The highest BCUT2D eigenvalue weighted by Crippen LogP contribution is 2.46. The Morgan fingerprint density at radius 3 is 2.77 bits per heavy atom. The van der Waals surface area contributed by atoms with Gasteiger partial charge in [0.2, 0.25) is 0 Å². The molecule has 2 fully saturated rings. The molecule has 4 nitrogen and oxygen atoms in total. The lowest BCUT2D eigenvalue weighted by Gasteiger charge is -2.33. The number of oxime groups is 1. The third kappa shape index (κ3) is 4.12. The Bertz CT molecular complexity index is 663. The number of hydrogen-bond donors (Lipinski definition) is 1. The van der Waals surface area contributed by atoms with E-state index in [0.29, 0.717) is 24.2 Å². The molecule has 3 rings (SSSR count). The Balaban J connectivity index is 1.77. The van der Waals surface area contributed by atoms with Gasteiger partial charge in [-0.2, -0.15) is 0 Å². The van der Waals surface area contributed by atoms with E-state index in [1.165, 1.54) is 0 Å². The Labute approximate surface area is 156 Å². The number of fused-ring (bicyclic) bond motifs is 1. The smallest absolute Gasteiger partial charge is 0.142 e. The van der Waals surface area contributed by atoms with Gasteiger partial charge in [-0.3, -0.25) is 0 Å². The predicted molar refractivity (Wildman–Crippen MR) is 104 cm³/mol. The maximum absolute atomic E-state index is 11.2. The molecule has 0 radical (unpaired) electrons. The second kappa shape index (κ2) is 7.83. The minimum atomic E-state index is -1.02. The molecule has 142 valence electrons. The average Bonchev–Trinajstić information content (AvgIpc) is 2.84. The molecule has 0 bridgehead atoms. The zero-order valence-corrected chi connectivity index (χ0v) is 16.3. The van der Waals surface area contributed by atoms with Crippen LogP contribution in [0.5, 0.6) is 0 Å². The first kappa shape index (κ1) is 19.0. The summed E-state index contributed by atoms with van der Waals surface area (Å²) in [6.45, 7) is 8.83. The standard InChI is InChI=1S/C22H31NO3/c1-15(2)10-11-20-22(4,24)21-18(12-16(3)13-19(21)26-20)23-25-14-17-8-6-5-7-9-17/h5-9,11,15-16,19,21,24H,10,12-14H2,1-4H3/b20-11-,23-18+/t16-,19-,21+,22-/m0/s1. The van der Waals surface area contributed by atoms with E-state index >= 15 is 0 Å². The quantitative estimate of drug-likeness (QED) is 0.778.